The second-order valence-electron chi connectivity index (χ2n) is 7.37. The summed E-state index contributed by atoms with van der Waals surface area (Å²) in [6.45, 7) is 1.31. The summed E-state index contributed by atoms with van der Waals surface area (Å²) in [5, 5.41) is 0. The average molecular weight is 539 g/mol. The van der Waals surface area contributed by atoms with Crippen LogP contribution in [0.25, 0.3) is 0 Å². The maximum absolute atomic E-state index is 13.9. The predicted octanol–water partition coefficient (Wildman–Crippen LogP) is 3.22. The maximum atomic E-state index is 13.9. The number of hydrogen-bond acceptors (Lipinski definition) is 4. The summed E-state index contributed by atoms with van der Waals surface area (Å²) in [6.07, 6.45) is -3.07. The van der Waals surface area contributed by atoms with E-state index in [0.29, 0.717) is 5.69 Å². The van der Waals surface area contributed by atoms with Crippen molar-refractivity contribution in [3.63, 3.8) is 0 Å². The fourth-order valence-electron chi connectivity index (χ4n) is 4.22. The van der Waals surface area contributed by atoms with Crippen LogP contribution in [0.4, 0.5) is 17.6 Å². The zero-order chi connectivity index (χ0) is 21.8. The van der Waals surface area contributed by atoms with Gasteiger partial charge < -0.3 is 14.2 Å². The summed E-state index contributed by atoms with van der Waals surface area (Å²) < 4.78 is 60.9. The van der Waals surface area contributed by atoms with Gasteiger partial charge in [0.15, 0.2) is 6.04 Å². The van der Waals surface area contributed by atoms with Crippen LogP contribution < -0.4 is 0 Å². The molecule has 0 saturated carbocycles. The van der Waals surface area contributed by atoms with Gasteiger partial charge in [-0.15, -0.1) is 0 Å². The molecule has 0 radical (unpaired) electrons. The Morgan fingerprint density at radius 2 is 2.13 bits per heavy atom. The molecular weight excluding hydrogens is 521 g/mol. The van der Waals surface area contributed by atoms with E-state index >= 15 is 0 Å². The number of likely N-dealkylation sites (tertiary alicyclic amines) is 1. The Morgan fingerprint density at radius 1 is 1.40 bits per heavy atom. The minimum atomic E-state index is -4.58. The minimum Gasteiger partial charge on any atom is -0.464 e. The molecule has 162 valence electrons. The van der Waals surface area contributed by atoms with Gasteiger partial charge >= 0.3 is 12.1 Å². The van der Waals surface area contributed by atoms with Crippen molar-refractivity contribution in [3.05, 3.63) is 40.5 Å². The summed E-state index contributed by atoms with van der Waals surface area (Å²) in [4.78, 5) is 31.2. The normalized spacial score (nSPS) is 24.7. The van der Waals surface area contributed by atoms with Gasteiger partial charge in [-0.2, -0.15) is 13.2 Å². The van der Waals surface area contributed by atoms with Crippen molar-refractivity contribution in [2.75, 3.05) is 13.2 Å². The lowest BCUT2D eigenvalue weighted by Gasteiger charge is -2.25. The number of amides is 1. The van der Waals surface area contributed by atoms with Crippen LogP contribution in [0.15, 0.2) is 29.1 Å². The zero-order valence-corrected chi connectivity index (χ0v) is 18.0. The van der Waals surface area contributed by atoms with Crippen LogP contribution in [0.3, 0.4) is 0 Å². The quantitative estimate of drug-likeness (QED) is 0.255. The van der Waals surface area contributed by atoms with E-state index in [1.54, 1.807) is 11.5 Å². The second-order valence-corrected chi connectivity index (χ2v) is 8.97. The summed E-state index contributed by atoms with van der Waals surface area (Å²) >= 11 is 1.86. The van der Waals surface area contributed by atoms with Crippen LogP contribution in [-0.2, 0) is 27.3 Å². The lowest BCUT2D eigenvalue weighted by molar-refractivity contribution is -0.153. The van der Waals surface area contributed by atoms with Crippen molar-refractivity contribution < 1.29 is 31.9 Å². The Labute approximate surface area is 183 Å². The van der Waals surface area contributed by atoms with Crippen molar-refractivity contribution in [2.24, 2.45) is 0 Å². The number of imidazole rings is 1. The average Bonchev–Trinajstić information content (AvgIpc) is 3.29. The molecule has 3 atom stereocenters. The van der Waals surface area contributed by atoms with Gasteiger partial charge in [-0.3, -0.25) is 4.79 Å². The number of aromatic nitrogens is 2. The maximum Gasteiger partial charge on any atom is 0.413 e. The molecule has 1 saturated heterocycles. The zero-order valence-electron chi connectivity index (χ0n) is 15.9. The van der Waals surface area contributed by atoms with E-state index in [2.05, 4.69) is 4.98 Å². The highest BCUT2D eigenvalue weighted by molar-refractivity contribution is 14.1. The van der Waals surface area contributed by atoms with Gasteiger partial charge in [-0.1, -0.05) is 28.7 Å². The number of fused-ring (bicyclic) bond motifs is 2. The van der Waals surface area contributed by atoms with Crippen LogP contribution in [0.1, 0.15) is 30.8 Å². The molecule has 0 N–H and O–H groups in total. The number of hydrogen-bond donors (Lipinski definition) is 0. The van der Waals surface area contributed by atoms with Gasteiger partial charge in [0.05, 0.1) is 25.2 Å². The monoisotopic (exact) mass is 539 g/mol. The summed E-state index contributed by atoms with van der Waals surface area (Å²) in [5.41, 5.74) is -0.303. The number of nitrogens with zero attached hydrogens (tertiary/aromatic N) is 3. The third kappa shape index (κ3) is 3.54. The van der Waals surface area contributed by atoms with Gasteiger partial charge in [0.1, 0.15) is 6.17 Å². The molecule has 2 unspecified atom stereocenters. The molecular formula is C19H18F4IN3O3. The number of halogens is 5. The van der Waals surface area contributed by atoms with E-state index in [4.69, 9.17) is 4.74 Å². The fourth-order valence-corrected chi connectivity index (χ4v) is 5.02. The number of ether oxygens (including phenoxy) is 1. The molecule has 1 aliphatic carbocycles. The largest absolute Gasteiger partial charge is 0.464 e. The predicted molar refractivity (Wildman–Crippen MR) is 106 cm³/mol. The molecule has 30 heavy (non-hydrogen) atoms. The number of alkyl halides is 5. The topological polar surface area (TPSA) is 64.4 Å². The summed E-state index contributed by atoms with van der Waals surface area (Å²) in [5.74, 6) is -1.48. The van der Waals surface area contributed by atoms with Crippen molar-refractivity contribution in [3.8, 4) is 0 Å². The summed E-state index contributed by atoms with van der Waals surface area (Å²) in [7, 11) is 0. The van der Waals surface area contributed by atoms with Crippen LogP contribution >= 0.6 is 22.6 Å². The van der Waals surface area contributed by atoms with Gasteiger partial charge in [-0.05, 0) is 18.9 Å². The lowest BCUT2D eigenvalue weighted by atomic mass is 9.92. The number of allylic oxidation sites excluding steroid dienone is 2. The standard InChI is InChI=1S/C19H18F4IN3O3/c1-2-30-18(29)16(15-14-3-9(20)6-26(14)8-25-15)27-7-12-11(17(27)28)4-10(24)5-13(12)19(21,22)23/h4,8-10,16H,2-3,5-7H2,1H3/t9-,10?,16?/m1/s1. The Kier molecular flexibility index (Phi) is 5.43. The molecule has 2 aliphatic heterocycles. The molecule has 4 rings (SSSR count). The molecule has 0 spiro atoms. The van der Waals surface area contributed by atoms with E-state index in [9.17, 15) is 27.2 Å². The van der Waals surface area contributed by atoms with E-state index < -0.39 is 39.8 Å². The van der Waals surface area contributed by atoms with Gasteiger partial charge in [0.2, 0.25) is 0 Å². The highest BCUT2D eigenvalue weighted by Gasteiger charge is 2.49. The fraction of sp³-hybridized carbons (Fsp3) is 0.526. The molecule has 11 heteroatoms. The molecule has 0 bridgehead atoms. The van der Waals surface area contributed by atoms with E-state index in [0.717, 1.165) is 4.90 Å². The third-order valence-corrected chi connectivity index (χ3v) is 6.27. The first-order valence-electron chi connectivity index (χ1n) is 9.42. The first kappa shape index (κ1) is 21.3. The van der Waals surface area contributed by atoms with Crippen LogP contribution in [0.2, 0.25) is 0 Å². The van der Waals surface area contributed by atoms with Crippen LogP contribution in [-0.4, -0.2) is 55.8 Å². The number of esters is 1. The Morgan fingerprint density at radius 3 is 2.80 bits per heavy atom. The smallest absolute Gasteiger partial charge is 0.413 e. The highest BCUT2D eigenvalue weighted by atomic mass is 127. The lowest BCUT2D eigenvalue weighted by Crippen LogP contribution is -2.37. The molecule has 3 aliphatic rings. The van der Waals surface area contributed by atoms with Gasteiger partial charge in [-0.25, -0.2) is 14.2 Å². The van der Waals surface area contributed by atoms with Gasteiger partial charge in [0.25, 0.3) is 5.91 Å². The molecule has 1 fully saturated rings. The van der Waals surface area contributed by atoms with Crippen molar-refractivity contribution in [1.29, 1.82) is 0 Å². The van der Waals surface area contributed by atoms with Gasteiger partial charge in [0, 0.05) is 33.7 Å². The number of carbonyl (C=O) groups is 2. The van der Waals surface area contributed by atoms with E-state index in [1.165, 1.54) is 12.4 Å². The third-order valence-electron chi connectivity index (χ3n) is 5.47. The first-order valence-corrected chi connectivity index (χ1v) is 10.7. The molecule has 3 heterocycles. The molecule has 1 amide bonds. The molecule has 1 aromatic heterocycles. The molecule has 6 nitrogen and oxygen atoms in total. The minimum absolute atomic E-state index is 0.0162. The first-order chi connectivity index (χ1) is 14.1. The molecule has 0 aromatic carbocycles. The van der Waals surface area contributed by atoms with Crippen LogP contribution in [0.5, 0.6) is 0 Å². The van der Waals surface area contributed by atoms with Crippen LogP contribution in [0, 0.1) is 0 Å². The Hall–Kier alpha value is -1.92. The Bertz CT molecular complexity index is 969. The van der Waals surface area contributed by atoms with Crippen molar-refractivity contribution in [1.82, 2.24) is 14.5 Å². The van der Waals surface area contributed by atoms with Crippen molar-refractivity contribution in [2.45, 2.75) is 48.6 Å². The SMILES string of the molecule is CCOC(=O)C(c1ncn2c1C[C@@H](F)C2)N1CC2=C(C(F)(F)F)CC(I)C=C2C1=O. The number of carbonyl (C=O) groups excluding carboxylic acids is 2. The van der Waals surface area contributed by atoms with E-state index in [-0.39, 0.29) is 49.4 Å². The Balaban J connectivity index is 1.79. The highest BCUT2D eigenvalue weighted by Crippen LogP contribution is 2.44. The summed E-state index contributed by atoms with van der Waals surface area (Å²) in [6, 6.07) is -1.33. The number of rotatable bonds is 4. The van der Waals surface area contributed by atoms with E-state index in [1.807, 2.05) is 22.6 Å². The second kappa shape index (κ2) is 7.65. The molecule has 1 aromatic rings. The van der Waals surface area contributed by atoms with Crippen molar-refractivity contribution >= 4 is 34.5 Å².